The van der Waals surface area contributed by atoms with Gasteiger partial charge in [-0.25, -0.2) is 9.59 Å². The molecule has 0 aliphatic heterocycles. The molecule has 2 aliphatic rings. The SMILES string of the molecule is C[C@@H](O)[C@H](NC(=O)C1(NC(=O)OCC2c3ccccc3-c3ccccc32)CCCCC1)C(=O)O. The molecule has 0 bridgehead atoms. The molecule has 0 spiro atoms. The Kier molecular flexibility index (Phi) is 6.88. The monoisotopic (exact) mass is 466 g/mol. The van der Waals surface area contributed by atoms with E-state index in [1.54, 1.807) is 0 Å². The summed E-state index contributed by atoms with van der Waals surface area (Å²) in [6.45, 7) is 1.41. The van der Waals surface area contributed by atoms with Crippen LogP contribution in [0.4, 0.5) is 4.79 Å². The molecule has 8 heteroatoms. The van der Waals surface area contributed by atoms with Gasteiger partial charge in [-0.2, -0.15) is 0 Å². The van der Waals surface area contributed by atoms with Crippen molar-refractivity contribution in [1.29, 1.82) is 0 Å². The minimum absolute atomic E-state index is 0.110. The number of fused-ring (bicyclic) bond motifs is 3. The lowest BCUT2D eigenvalue weighted by atomic mass is 9.80. The van der Waals surface area contributed by atoms with Gasteiger partial charge in [0.25, 0.3) is 0 Å². The van der Waals surface area contributed by atoms with E-state index in [0.29, 0.717) is 25.7 Å². The number of rotatable bonds is 7. The fourth-order valence-electron chi connectivity index (χ4n) is 5.06. The number of nitrogens with one attached hydrogen (secondary N) is 2. The van der Waals surface area contributed by atoms with Crippen molar-refractivity contribution in [3.63, 3.8) is 0 Å². The third-order valence-electron chi connectivity index (χ3n) is 6.86. The van der Waals surface area contributed by atoms with E-state index in [9.17, 15) is 24.6 Å². The predicted octanol–water partition coefficient (Wildman–Crippen LogP) is 3.18. The standard InChI is InChI=1S/C26H30N2O6/c1-16(29)22(23(30)31)27-24(32)26(13-7-2-8-14-26)28-25(33)34-15-21-19-11-5-3-9-17(19)18-10-4-6-12-20(18)21/h3-6,9-12,16,21-22,29H,2,7-8,13-15H2,1H3,(H,27,32)(H,28,33)(H,30,31)/t16-,22+/m1/s1. The average Bonchev–Trinajstić information content (AvgIpc) is 3.15. The molecule has 0 saturated heterocycles. The van der Waals surface area contributed by atoms with Gasteiger partial charge in [-0.3, -0.25) is 4.79 Å². The van der Waals surface area contributed by atoms with Gasteiger partial charge in [-0.1, -0.05) is 67.8 Å². The second kappa shape index (κ2) is 9.85. The maximum absolute atomic E-state index is 13.1. The molecule has 2 aromatic carbocycles. The van der Waals surface area contributed by atoms with Crippen LogP contribution in [0.2, 0.25) is 0 Å². The molecule has 34 heavy (non-hydrogen) atoms. The van der Waals surface area contributed by atoms with Crippen LogP contribution in [-0.2, 0) is 14.3 Å². The van der Waals surface area contributed by atoms with Gasteiger partial charge in [-0.15, -0.1) is 0 Å². The highest BCUT2D eigenvalue weighted by Gasteiger charge is 2.43. The summed E-state index contributed by atoms with van der Waals surface area (Å²) >= 11 is 0. The highest BCUT2D eigenvalue weighted by atomic mass is 16.5. The van der Waals surface area contributed by atoms with E-state index in [2.05, 4.69) is 22.8 Å². The first-order valence-electron chi connectivity index (χ1n) is 11.7. The number of carboxylic acid groups (broad SMARTS) is 1. The van der Waals surface area contributed by atoms with Crippen molar-refractivity contribution in [2.75, 3.05) is 6.61 Å². The molecule has 8 nitrogen and oxygen atoms in total. The largest absolute Gasteiger partial charge is 0.480 e. The summed E-state index contributed by atoms with van der Waals surface area (Å²) in [4.78, 5) is 37.4. The summed E-state index contributed by atoms with van der Waals surface area (Å²) in [6.07, 6.45) is 1.08. The Hall–Kier alpha value is -3.39. The van der Waals surface area contributed by atoms with Crippen LogP contribution in [-0.4, -0.2) is 52.5 Å². The Balaban J connectivity index is 1.47. The van der Waals surface area contributed by atoms with Crippen molar-refractivity contribution in [3.8, 4) is 11.1 Å². The minimum Gasteiger partial charge on any atom is -0.480 e. The Morgan fingerprint density at radius 3 is 2.09 bits per heavy atom. The van der Waals surface area contributed by atoms with Gasteiger partial charge in [0, 0.05) is 5.92 Å². The van der Waals surface area contributed by atoms with Crippen molar-refractivity contribution in [2.45, 2.75) is 62.6 Å². The van der Waals surface area contributed by atoms with E-state index < -0.39 is 35.7 Å². The van der Waals surface area contributed by atoms with Gasteiger partial charge in [-0.05, 0) is 42.0 Å². The maximum Gasteiger partial charge on any atom is 0.408 e. The average molecular weight is 467 g/mol. The van der Waals surface area contributed by atoms with Crippen LogP contribution < -0.4 is 10.6 Å². The molecule has 2 aromatic rings. The van der Waals surface area contributed by atoms with E-state index in [-0.39, 0.29) is 12.5 Å². The number of carbonyl (C=O) groups excluding carboxylic acids is 2. The van der Waals surface area contributed by atoms with Gasteiger partial charge in [0.15, 0.2) is 6.04 Å². The molecular weight excluding hydrogens is 436 g/mol. The van der Waals surface area contributed by atoms with Crippen LogP contribution in [0.5, 0.6) is 0 Å². The molecule has 180 valence electrons. The van der Waals surface area contributed by atoms with E-state index in [0.717, 1.165) is 28.7 Å². The van der Waals surface area contributed by atoms with Crippen molar-refractivity contribution in [1.82, 2.24) is 10.6 Å². The van der Waals surface area contributed by atoms with Crippen LogP contribution in [0.3, 0.4) is 0 Å². The van der Waals surface area contributed by atoms with E-state index in [4.69, 9.17) is 4.74 Å². The Morgan fingerprint density at radius 1 is 1.00 bits per heavy atom. The molecule has 4 rings (SSSR count). The number of ether oxygens (including phenoxy) is 1. The van der Waals surface area contributed by atoms with Gasteiger partial charge in [0.1, 0.15) is 12.1 Å². The number of carbonyl (C=O) groups is 3. The molecule has 4 N–H and O–H groups in total. The number of aliphatic hydroxyl groups excluding tert-OH is 1. The second-order valence-corrected chi connectivity index (χ2v) is 9.12. The molecule has 0 unspecified atom stereocenters. The molecule has 0 heterocycles. The predicted molar refractivity (Wildman–Crippen MR) is 125 cm³/mol. The van der Waals surface area contributed by atoms with Crippen LogP contribution in [0.1, 0.15) is 56.1 Å². The summed E-state index contributed by atoms with van der Waals surface area (Å²) in [5, 5.41) is 24.2. The normalized spacial score (nSPS) is 18.2. The number of amides is 2. The lowest BCUT2D eigenvalue weighted by Gasteiger charge is -2.37. The van der Waals surface area contributed by atoms with Gasteiger partial charge in [0.05, 0.1) is 6.10 Å². The van der Waals surface area contributed by atoms with Crippen molar-refractivity contribution in [2.24, 2.45) is 0 Å². The number of alkyl carbamates (subject to hydrolysis) is 1. The highest BCUT2D eigenvalue weighted by molar-refractivity contribution is 5.93. The van der Waals surface area contributed by atoms with Crippen LogP contribution in [0.15, 0.2) is 48.5 Å². The summed E-state index contributed by atoms with van der Waals surface area (Å²) < 4.78 is 5.62. The first kappa shape index (κ1) is 23.8. The maximum atomic E-state index is 13.1. The Labute approximate surface area is 198 Å². The smallest absolute Gasteiger partial charge is 0.408 e. The third kappa shape index (κ3) is 4.63. The number of aliphatic carboxylic acids is 1. The quantitative estimate of drug-likeness (QED) is 0.497. The first-order chi connectivity index (χ1) is 16.3. The number of carboxylic acids is 1. The summed E-state index contributed by atoms with van der Waals surface area (Å²) in [6, 6.07) is 14.6. The summed E-state index contributed by atoms with van der Waals surface area (Å²) in [7, 11) is 0. The second-order valence-electron chi connectivity index (χ2n) is 9.12. The van der Waals surface area contributed by atoms with Gasteiger partial charge >= 0.3 is 12.1 Å². The number of hydrogen-bond donors (Lipinski definition) is 4. The topological polar surface area (TPSA) is 125 Å². The zero-order chi connectivity index (χ0) is 24.3. The molecule has 0 radical (unpaired) electrons. The zero-order valence-corrected chi connectivity index (χ0v) is 19.1. The van der Waals surface area contributed by atoms with E-state index in [1.807, 2.05) is 36.4 Å². The fourth-order valence-corrected chi connectivity index (χ4v) is 5.06. The molecule has 2 amide bonds. The van der Waals surface area contributed by atoms with Crippen molar-refractivity contribution in [3.05, 3.63) is 59.7 Å². The third-order valence-corrected chi connectivity index (χ3v) is 6.86. The first-order valence-corrected chi connectivity index (χ1v) is 11.7. The minimum atomic E-state index is -1.46. The van der Waals surface area contributed by atoms with Gasteiger partial charge < -0.3 is 25.6 Å². The summed E-state index contributed by atoms with van der Waals surface area (Å²) in [5.74, 6) is -2.06. The highest BCUT2D eigenvalue weighted by Crippen LogP contribution is 2.44. The molecule has 1 saturated carbocycles. The van der Waals surface area contributed by atoms with Crippen LogP contribution in [0, 0.1) is 0 Å². The summed E-state index contributed by atoms with van der Waals surface area (Å²) in [5.41, 5.74) is 3.13. The van der Waals surface area contributed by atoms with E-state index in [1.165, 1.54) is 6.92 Å². The van der Waals surface area contributed by atoms with E-state index >= 15 is 0 Å². The molecule has 0 aromatic heterocycles. The lowest BCUT2D eigenvalue weighted by molar-refractivity contribution is -0.146. The van der Waals surface area contributed by atoms with Crippen LogP contribution >= 0.6 is 0 Å². The van der Waals surface area contributed by atoms with Crippen LogP contribution in [0.25, 0.3) is 11.1 Å². The molecule has 1 fully saturated rings. The van der Waals surface area contributed by atoms with Gasteiger partial charge in [0.2, 0.25) is 5.91 Å². The Bertz CT molecular complexity index is 1030. The lowest BCUT2D eigenvalue weighted by Crippen LogP contribution is -2.63. The fraction of sp³-hybridized carbons (Fsp3) is 0.423. The number of aliphatic hydroxyl groups is 1. The zero-order valence-electron chi connectivity index (χ0n) is 19.1. The molecule has 2 aliphatic carbocycles. The number of hydrogen-bond acceptors (Lipinski definition) is 5. The Morgan fingerprint density at radius 2 is 1.56 bits per heavy atom. The van der Waals surface area contributed by atoms with Crippen molar-refractivity contribution >= 4 is 18.0 Å². The number of benzene rings is 2. The molecule has 2 atom stereocenters. The van der Waals surface area contributed by atoms with Crippen molar-refractivity contribution < 1.29 is 29.3 Å². The molecular formula is C26H30N2O6.